The summed E-state index contributed by atoms with van der Waals surface area (Å²) in [6.45, 7) is 13.2. The normalized spacial score (nSPS) is 15.6. The molecule has 0 N–H and O–H groups in total. The number of nitrogens with zero attached hydrogens (tertiary/aromatic N) is 8. The van der Waals surface area contributed by atoms with Gasteiger partial charge < -0.3 is 28.4 Å². The highest BCUT2D eigenvalue weighted by atomic mass is 35.5. The van der Waals surface area contributed by atoms with Crippen LogP contribution in [0.3, 0.4) is 0 Å². The van der Waals surface area contributed by atoms with E-state index in [-0.39, 0.29) is 24.4 Å². The first-order chi connectivity index (χ1) is 29.4. The number of rotatable bonds is 10. The Kier molecular flexibility index (Phi) is 10.9. The Bertz CT molecular complexity index is 2830. The number of carbonyl (C=O) groups is 2. The molecule has 2 amide bonds. The van der Waals surface area contributed by atoms with Crippen molar-refractivity contribution in [1.29, 1.82) is 0 Å². The van der Waals surface area contributed by atoms with Crippen LogP contribution in [0.2, 0.25) is 10.0 Å². The number of amides is 2. The van der Waals surface area contributed by atoms with Gasteiger partial charge in [0, 0.05) is 89.5 Å². The van der Waals surface area contributed by atoms with Crippen molar-refractivity contribution in [2.24, 2.45) is 7.05 Å². The van der Waals surface area contributed by atoms with Gasteiger partial charge in [-0.3, -0.25) is 14.3 Å². The smallest absolute Gasteiger partial charge is 0.275 e. The number of hydrogen-bond acceptors (Lipinski definition) is 7. The first kappa shape index (κ1) is 40.7. The Labute approximate surface area is 364 Å². The van der Waals surface area contributed by atoms with Crippen LogP contribution in [0.5, 0.6) is 5.75 Å². The van der Waals surface area contributed by atoms with Crippen LogP contribution in [0.25, 0.3) is 44.3 Å². The molecular formula is C47H48Cl2N8O4. The predicted molar refractivity (Wildman–Crippen MR) is 240 cm³/mol. The molecule has 314 valence electrons. The third kappa shape index (κ3) is 7.24. The summed E-state index contributed by atoms with van der Waals surface area (Å²) in [7, 11) is 1.94. The maximum atomic E-state index is 15.6. The van der Waals surface area contributed by atoms with Crippen molar-refractivity contribution in [3.63, 3.8) is 0 Å². The molecule has 3 aromatic carbocycles. The average Bonchev–Trinajstić information content (AvgIpc) is 3.87. The molecule has 7 aromatic rings. The van der Waals surface area contributed by atoms with E-state index in [2.05, 4.69) is 27.5 Å². The lowest BCUT2D eigenvalue weighted by atomic mass is 9.98. The maximum Gasteiger partial charge on any atom is 0.275 e. The van der Waals surface area contributed by atoms with Crippen molar-refractivity contribution in [3.8, 4) is 28.3 Å². The number of anilines is 1. The van der Waals surface area contributed by atoms with Crippen molar-refractivity contribution in [2.75, 3.05) is 44.4 Å². The zero-order valence-electron chi connectivity index (χ0n) is 35.3. The Morgan fingerprint density at radius 1 is 0.951 bits per heavy atom. The monoisotopic (exact) mass is 858 g/mol. The molecular weight excluding hydrogens is 811 g/mol. The molecule has 0 saturated carbocycles. The summed E-state index contributed by atoms with van der Waals surface area (Å²) in [4.78, 5) is 42.0. The predicted octanol–water partition coefficient (Wildman–Crippen LogP) is 9.09. The number of hydrogen-bond donors (Lipinski definition) is 0. The van der Waals surface area contributed by atoms with Gasteiger partial charge in [0.2, 0.25) is 5.91 Å². The number of aromatic nitrogens is 6. The van der Waals surface area contributed by atoms with Crippen molar-refractivity contribution >= 4 is 62.5 Å². The molecule has 1 unspecified atom stereocenters. The van der Waals surface area contributed by atoms with Crippen LogP contribution in [0.1, 0.15) is 58.0 Å². The largest absolute Gasteiger partial charge is 0.494 e. The second-order valence-corrected chi connectivity index (χ2v) is 17.0. The van der Waals surface area contributed by atoms with Gasteiger partial charge >= 0.3 is 0 Å². The number of ether oxygens (including phenoxy) is 2. The highest BCUT2D eigenvalue weighted by Crippen LogP contribution is 2.46. The molecule has 0 spiro atoms. The van der Waals surface area contributed by atoms with E-state index in [0.717, 1.165) is 83.0 Å². The first-order valence-electron chi connectivity index (χ1n) is 20.7. The summed E-state index contributed by atoms with van der Waals surface area (Å²) < 4.78 is 17.9. The van der Waals surface area contributed by atoms with Crippen LogP contribution in [0, 0.1) is 27.7 Å². The van der Waals surface area contributed by atoms with Crippen LogP contribution in [0.4, 0.5) is 5.69 Å². The molecule has 12 nitrogen and oxygen atoms in total. The molecule has 1 atom stereocenters. The highest BCUT2D eigenvalue weighted by molar-refractivity contribution is 6.35. The standard InChI is InChI=1S/C47H48Cl2N8O4/c1-27-21-33(22-28(2)43(27)49)61-18-7-9-34-35-11-12-37(48)42(41-30(4)52-53(6)31(41)5)44(35)57-29(3)24-56(47(59)45(34)57)39-25-55(26-40(58)54-16-19-60-20-17-54)38-13-10-32(23-36(38)39)46-50-14-8-15-51-46/h8,10-15,21-23,25,29H,7,9,16-20,24,26H2,1-6H3. The fourth-order valence-electron chi connectivity index (χ4n) is 9.21. The SMILES string of the molecule is Cc1cc(OCCCc2c3n(c4c(-c5c(C)nn(C)c5C)c(Cl)ccc24)C(C)CN(c2cn(CC(=O)N4CCOCC4)c4ccc(-c5ncccn5)cc24)C3=O)cc(C)c1Cl. The minimum Gasteiger partial charge on any atom is -0.494 e. The quantitative estimate of drug-likeness (QED) is 0.126. The van der Waals surface area contributed by atoms with E-state index in [0.29, 0.717) is 68.8 Å². The molecule has 2 aliphatic rings. The zero-order valence-corrected chi connectivity index (χ0v) is 36.8. The Morgan fingerprint density at radius 3 is 2.39 bits per heavy atom. The lowest BCUT2D eigenvalue weighted by Crippen LogP contribution is -2.43. The van der Waals surface area contributed by atoms with Gasteiger partial charge in [0.15, 0.2) is 5.82 Å². The minimum atomic E-state index is -0.163. The first-order valence-corrected chi connectivity index (χ1v) is 21.5. The van der Waals surface area contributed by atoms with Crippen LogP contribution in [-0.4, -0.2) is 85.1 Å². The van der Waals surface area contributed by atoms with Crippen molar-refractivity contribution in [1.82, 2.24) is 33.8 Å². The van der Waals surface area contributed by atoms with E-state index in [4.69, 9.17) is 37.8 Å². The molecule has 1 saturated heterocycles. The second kappa shape index (κ2) is 16.3. The fraction of sp³-hybridized carbons (Fsp3) is 0.340. The molecule has 0 radical (unpaired) electrons. The Hall–Kier alpha value is -5.69. The summed E-state index contributed by atoms with van der Waals surface area (Å²) in [6, 6.07) is 15.5. The van der Waals surface area contributed by atoms with Gasteiger partial charge in [-0.25, -0.2) is 9.97 Å². The van der Waals surface area contributed by atoms with Gasteiger partial charge in [-0.05, 0) is 107 Å². The van der Waals surface area contributed by atoms with Gasteiger partial charge in [0.05, 0.1) is 47.3 Å². The van der Waals surface area contributed by atoms with Gasteiger partial charge in [0.1, 0.15) is 18.0 Å². The van der Waals surface area contributed by atoms with E-state index in [1.807, 2.05) is 96.4 Å². The molecule has 0 bridgehead atoms. The summed E-state index contributed by atoms with van der Waals surface area (Å²) in [6.07, 6.45) is 6.62. The molecule has 4 aromatic heterocycles. The molecule has 1 fully saturated rings. The minimum absolute atomic E-state index is 0.000456. The van der Waals surface area contributed by atoms with Gasteiger partial charge in [-0.2, -0.15) is 5.10 Å². The number of carbonyl (C=O) groups excluding carboxylic acids is 2. The number of halogens is 2. The molecule has 0 aliphatic carbocycles. The van der Waals surface area contributed by atoms with Gasteiger partial charge in [-0.15, -0.1) is 0 Å². The van der Waals surface area contributed by atoms with Crippen molar-refractivity contribution < 1.29 is 19.1 Å². The summed E-state index contributed by atoms with van der Waals surface area (Å²) in [5.41, 5.74) is 10.4. The summed E-state index contributed by atoms with van der Waals surface area (Å²) in [5.74, 6) is 1.21. The number of morpholine rings is 1. The van der Waals surface area contributed by atoms with Gasteiger partial charge in [-0.1, -0.05) is 29.3 Å². The van der Waals surface area contributed by atoms with E-state index >= 15 is 4.79 Å². The molecule has 61 heavy (non-hydrogen) atoms. The summed E-state index contributed by atoms with van der Waals surface area (Å²) >= 11 is 13.6. The van der Waals surface area contributed by atoms with Crippen molar-refractivity contribution in [3.05, 3.63) is 111 Å². The Balaban J connectivity index is 1.17. The Morgan fingerprint density at radius 2 is 1.69 bits per heavy atom. The van der Waals surface area contributed by atoms with Gasteiger partial charge in [0.25, 0.3) is 5.91 Å². The van der Waals surface area contributed by atoms with E-state index < -0.39 is 0 Å². The molecule has 2 aliphatic heterocycles. The lowest BCUT2D eigenvalue weighted by molar-refractivity contribution is -0.135. The topological polar surface area (TPSA) is 113 Å². The van der Waals surface area contributed by atoms with Crippen LogP contribution < -0.4 is 9.64 Å². The maximum absolute atomic E-state index is 15.6. The van der Waals surface area contributed by atoms with Crippen LogP contribution in [0.15, 0.2) is 67.1 Å². The number of fused-ring (bicyclic) bond motifs is 4. The third-order valence-electron chi connectivity index (χ3n) is 12.2. The number of aryl methyl sites for hydroxylation is 5. The fourth-order valence-corrected chi connectivity index (χ4v) is 9.56. The van der Waals surface area contributed by atoms with Crippen LogP contribution >= 0.6 is 23.2 Å². The van der Waals surface area contributed by atoms with E-state index in [9.17, 15) is 4.79 Å². The van der Waals surface area contributed by atoms with Crippen LogP contribution in [-0.2, 0) is 29.5 Å². The number of benzene rings is 3. The third-order valence-corrected chi connectivity index (χ3v) is 13.1. The van der Waals surface area contributed by atoms with Crippen molar-refractivity contribution in [2.45, 2.75) is 60.0 Å². The molecule has 14 heteroatoms. The average molecular weight is 860 g/mol. The zero-order chi connectivity index (χ0) is 42.7. The molecule has 6 heterocycles. The second-order valence-electron chi connectivity index (χ2n) is 16.2. The lowest BCUT2D eigenvalue weighted by Gasteiger charge is -2.34. The highest BCUT2D eigenvalue weighted by Gasteiger charge is 2.38. The summed E-state index contributed by atoms with van der Waals surface area (Å²) in [5, 5.41) is 7.90. The van der Waals surface area contributed by atoms with E-state index in [1.165, 1.54) is 0 Å². The molecule has 9 rings (SSSR count). The van der Waals surface area contributed by atoms with E-state index in [1.54, 1.807) is 18.5 Å².